The van der Waals surface area contributed by atoms with E-state index in [1.807, 2.05) is 19.1 Å². The van der Waals surface area contributed by atoms with Gasteiger partial charge in [-0.1, -0.05) is 34.5 Å². The van der Waals surface area contributed by atoms with Crippen molar-refractivity contribution in [1.29, 1.82) is 0 Å². The van der Waals surface area contributed by atoms with Crippen LogP contribution in [0.4, 0.5) is 5.13 Å². The maximum absolute atomic E-state index is 13.1. The summed E-state index contributed by atoms with van der Waals surface area (Å²) in [4.78, 5) is 19.5. The predicted molar refractivity (Wildman–Crippen MR) is 118 cm³/mol. The molecule has 1 aliphatic heterocycles. The van der Waals surface area contributed by atoms with Gasteiger partial charge in [-0.3, -0.25) is 9.69 Å². The fraction of sp³-hybridized carbons (Fsp3) is 0.333. The number of hydrogen-bond donors (Lipinski definition) is 0. The number of anilines is 1. The predicted octanol–water partition coefficient (Wildman–Crippen LogP) is 5.50. The number of thiazole rings is 1. The summed E-state index contributed by atoms with van der Waals surface area (Å²) in [5, 5.41) is 1.91. The molecule has 0 spiro atoms. The van der Waals surface area contributed by atoms with E-state index in [1.54, 1.807) is 29.2 Å². The molecule has 4 rings (SSSR count). The van der Waals surface area contributed by atoms with Crippen LogP contribution in [0.5, 0.6) is 5.75 Å². The largest absolute Gasteiger partial charge is 0.484 e. The van der Waals surface area contributed by atoms with Gasteiger partial charge in [-0.05, 0) is 61.7 Å². The number of carbonyl (C=O) groups excluding carboxylic acids is 1. The quantitative estimate of drug-likeness (QED) is 0.497. The molecule has 0 saturated carbocycles. The average Bonchev–Trinajstić information content (AvgIpc) is 3.35. The molecule has 0 aliphatic carbocycles. The van der Waals surface area contributed by atoms with E-state index in [-0.39, 0.29) is 18.6 Å². The lowest BCUT2D eigenvalue weighted by Crippen LogP contribution is -2.40. The van der Waals surface area contributed by atoms with E-state index < -0.39 is 0 Å². The van der Waals surface area contributed by atoms with Crippen LogP contribution in [-0.4, -0.2) is 36.8 Å². The molecule has 1 saturated heterocycles. The molecule has 1 amide bonds. The van der Waals surface area contributed by atoms with Gasteiger partial charge in [0.25, 0.3) is 5.91 Å². The van der Waals surface area contributed by atoms with Crippen LogP contribution in [0.15, 0.2) is 36.4 Å². The normalized spacial score (nSPS) is 16.3. The van der Waals surface area contributed by atoms with Gasteiger partial charge in [-0.2, -0.15) is 0 Å². The van der Waals surface area contributed by atoms with E-state index in [9.17, 15) is 4.79 Å². The van der Waals surface area contributed by atoms with Crippen LogP contribution in [0.3, 0.4) is 0 Å². The molecule has 1 atom stereocenters. The summed E-state index contributed by atoms with van der Waals surface area (Å²) in [7, 11) is 0. The number of nitrogens with zero attached hydrogens (tertiary/aromatic N) is 2. The van der Waals surface area contributed by atoms with Crippen LogP contribution in [0.1, 0.15) is 18.4 Å². The minimum absolute atomic E-state index is 0.00572. The van der Waals surface area contributed by atoms with Crippen molar-refractivity contribution < 1.29 is 14.3 Å². The lowest BCUT2D eigenvalue weighted by atomic mass is 10.2. The third kappa shape index (κ3) is 4.83. The number of benzene rings is 2. The molecule has 2 aromatic carbocycles. The molecule has 152 valence electrons. The second kappa shape index (κ2) is 8.88. The van der Waals surface area contributed by atoms with Crippen molar-refractivity contribution in [2.45, 2.75) is 25.9 Å². The Labute approximate surface area is 183 Å². The third-order valence-corrected chi connectivity index (χ3v) is 6.25. The molecule has 1 fully saturated rings. The van der Waals surface area contributed by atoms with E-state index in [0.717, 1.165) is 35.2 Å². The van der Waals surface area contributed by atoms with Gasteiger partial charge in [0.15, 0.2) is 11.7 Å². The van der Waals surface area contributed by atoms with Crippen LogP contribution < -0.4 is 9.64 Å². The number of carbonyl (C=O) groups is 1. The van der Waals surface area contributed by atoms with Gasteiger partial charge in [0, 0.05) is 16.7 Å². The van der Waals surface area contributed by atoms with E-state index in [0.29, 0.717) is 27.5 Å². The van der Waals surface area contributed by atoms with E-state index >= 15 is 0 Å². The number of ether oxygens (including phenoxy) is 2. The zero-order valence-electron chi connectivity index (χ0n) is 15.9. The SMILES string of the molecule is Cc1cc(Cl)cc2sc(N(CC3CCCO3)C(=O)COc3ccc(Cl)cc3)nc12. The Hall–Kier alpha value is -1.86. The van der Waals surface area contributed by atoms with Gasteiger partial charge in [-0.25, -0.2) is 4.98 Å². The first-order valence-corrected chi connectivity index (χ1v) is 10.9. The highest BCUT2D eigenvalue weighted by atomic mass is 35.5. The third-order valence-electron chi connectivity index (χ3n) is 4.76. The first-order chi connectivity index (χ1) is 14.0. The van der Waals surface area contributed by atoms with Gasteiger partial charge >= 0.3 is 0 Å². The van der Waals surface area contributed by atoms with E-state index in [2.05, 4.69) is 0 Å². The van der Waals surface area contributed by atoms with Crippen LogP contribution in [0, 0.1) is 6.92 Å². The number of aromatic nitrogens is 1. The van der Waals surface area contributed by atoms with Crippen LogP contribution in [0.25, 0.3) is 10.2 Å². The first kappa shape index (κ1) is 20.4. The first-order valence-electron chi connectivity index (χ1n) is 9.36. The molecular formula is C21H20Cl2N2O3S. The van der Waals surface area contributed by atoms with Crippen molar-refractivity contribution in [3.8, 4) is 5.75 Å². The minimum Gasteiger partial charge on any atom is -0.484 e. The highest BCUT2D eigenvalue weighted by molar-refractivity contribution is 7.22. The molecule has 29 heavy (non-hydrogen) atoms. The smallest absolute Gasteiger partial charge is 0.266 e. The topological polar surface area (TPSA) is 51.7 Å². The Morgan fingerprint density at radius 2 is 2.07 bits per heavy atom. The molecule has 8 heteroatoms. The molecule has 1 aliphatic rings. The van der Waals surface area contributed by atoms with Crippen LogP contribution in [-0.2, 0) is 9.53 Å². The average molecular weight is 451 g/mol. The van der Waals surface area contributed by atoms with Crippen molar-refractivity contribution in [2.75, 3.05) is 24.7 Å². The van der Waals surface area contributed by atoms with Crippen molar-refractivity contribution >= 4 is 55.8 Å². The Bertz CT molecular complexity index is 1020. The van der Waals surface area contributed by atoms with Crippen LogP contribution in [0.2, 0.25) is 10.0 Å². The number of fused-ring (bicyclic) bond motifs is 1. The molecule has 1 unspecified atom stereocenters. The maximum Gasteiger partial charge on any atom is 0.266 e. The van der Waals surface area contributed by atoms with Crippen molar-refractivity contribution in [3.05, 3.63) is 52.0 Å². The summed E-state index contributed by atoms with van der Waals surface area (Å²) in [6.45, 7) is 3.05. The summed E-state index contributed by atoms with van der Waals surface area (Å²) in [5.74, 6) is 0.421. The van der Waals surface area contributed by atoms with Crippen molar-refractivity contribution in [2.24, 2.45) is 0 Å². The summed E-state index contributed by atoms with van der Waals surface area (Å²) >= 11 is 13.5. The lowest BCUT2D eigenvalue weighted by molar-refractivity contribution is -0.120. The monoisotopic (exact) mass is 450 g/mol. The Morgan fingerprint density at radius 1 is 1.28 bits per heavy atom. The Morgan fingerprint density at radius 3 is 2.79 bits per heavy atom. The van der Waals surface area contributed by atoms with E-state index in [4.69, 9.17) is 37.7 Å². The number of rotatable bonds is 6. The van der Waals surface area contributed by atoms with Gasteiger partial charge in [0.05, 0.1) is 22.9 Å². The van der Waals surface area contributed by atoms with Gasteiger partial charge in [0.1, 0.15) is 5.75 Å². The second-order valence-electron chi connectivity index (χ2n) is 6.95. The molecule has 5 nitrogen and oxygen atoms in total. The molecule has 3 aromatic rings. The number of halogens is 2. The standard InChI is InChI=1S/C21H20Cl2N2O3S/c1-13-9-15(23)10-18-20(13)24-21(29-18)25(11-17-3-2-8-27-17)19(26)12-28-16-6-4-14(22)5-7-16/h4-7,9-10,17H,2-3,8,11-12H2,1H3. The van der Waals surface area contributed by atoms with Crippen molar-refractivity contribution in [3.63, 3.8) is 0 Å². The fourth-order valence-corrected chi connectivity index (χ4v) is 4.86. The van der Waals surface area contributed by atoms with Gasteiger partial charge in [0.2, 0.25) is 0 Å². The van der Waals surface area contributed by atoms with Gasteiger partial charge in [-0.15, -0.1) is 0 Å². The highest BCUT2D eigenvalue weighted by Crippen LogP contribution is 2.33. The van der Waals surface area contributed by atoms with Crippen molar-refractivity contribution in [1.82, 2.24) is 4.98 Å². The summed E-state index contributed by atoms with van der Waals surface area (Å²) in [6.07, 6.45) is 1.94. The van der Waals surface area contributed by atoms with Gasteiger partial charge < -0.3 is 9.47 Å². The van der Waals surface area contributed by atoms with E-state index in [1.165, 1.54) is 11.3 Å². The number of hydrogen-bond acceptors (Lipinski definition) is 5. The Kier molecular flexibility index (Phi) is 6.25. The molecule has 0 radical (unpaired) electrons. The molecule has 2 heterocycles. The lowest BCUT2D eigenvalue weighted by Gasteiger charge is -2.23. The minimum atomic E-state index is -0.168. The summed E-state index contributed by atoms with van der Waals surface area (Å²) < 4.78 is 12.4. The van der Waals surface area contributed by atoms with Crippen LogP contribution >= 0.6 is 34.5 Å². The molecular weight excluding hydrogens is 431 g/mol. The number of aryl methyl sites for hydroxylation is 1. The molecule has 0 bridgehead atoms. The zero-order chi connectivity index (χ0) is 20.4. The highest BCUT2D eigenvalue weighted by Gasteiger charge is 2.26. The summed E-state index contributed by atoms with van der Waals surface area (Å²) in [6, 6.07) is 10.7. The Balaban J connectivity index is 1.57. The summed E-state index contributed by atoms with van der Waals surface area (Å²) in [5.41, 5.74) is 1.84. The second-order valence-corrected chi connectivity index (χ2v) is 8.83. The zero-order valence-corrected chi connectivity index (χ0v) is 18.2. The number of amides is 1. The maximum atomic E-state index is 13.1. The molecule has 1 aromatic heterocycles. The fourth-order valence-electron chi connectivity index (χ4n) is 3.29. The molecule has 0 N–H and O–H groups in total.